The fourth-order valence-electron chi connectivity index (χ4n) is 1.08. The van der Waals surface area contributed by atoms with E-state index in [-0.39, 0.29) is 5.12 Å². The second kappa shape index (κ2) is 7.53. The van der Waals surface area contributed by atoms with Gasteiger partial charge in [-0.25, -0.2) is 0 Å². The summed E-state index contributed by atoms with van der Waals surface area (Å²) in [6.07, 6.45) is 2.58. The van der Waals surface area contributed by atoms with Gasteiger partial charge in [-0.2, -0.15) is 0 Å². The van der Waals surface area contributed by atoms with E-state index in [9.17, 15) is 14.4 Å². The van der Waals surface area contributed by atoms with E-state index in [1.165, 1.54) is 6.26 Å². The lowest BCUT2D eigenvalue weighted by Crippen LogP contribution is -2.42. The van der Waals surface area contributed by atoms with Crippen molar-refractivity contribution in [3.05, 3.63) is 0 Å². The van der Waals surface area contributed by atoms with E-state index in [0.717, 1.165) is 23.7 Å². The van der Waals surface area contributed by atoms with Crippen LogP contribution in [0.15, 0.2) is 0 Å². The molecule has 0 aromatic carbocycles. The Hall–Kier alpha value is -0.730. The van der Waals surface area contributed by atoms with Crippen molar-refractivity contribution >= 4 is 40.8 Å². The minimum atomic E-state index is -1.30. The van der Waals surface area contributed by atoms with Crippen LogP contribution in [0.1, 0.15) is 6.42 Å². The Kier molecular flexibility index (Phi) is 7.18. The molecule has 0 saturated heterocycles. The molecule has 0 heterocycles. The molecule has 0 bridgehead atoms. The van der Waals surface area contributed by atoms with Crippen LogP contribution in [0.3, 0.4) is 0 Å². The molecular formula is C8H13NO5S2. The van der Waals surface area contributed by atoms with Crippen LogP contribution in [0, 0.1) is 5.92 Å². The van der Waals surface area contributed by atoms with E-state index in [1.54, 1.807) is 6.26 Å². The molecule has 2 atom stereocenters. The standard InChI is InChI=1S/C8H13NO5S2/c1-15-8(14)6(9-16-2)4(7(12)13)3-5(10)11/h4,6,9H,3H2,1-2H3,(H,10,11)(H,12,13). The first-order valence-corrected chi connectivity index (χ1v) is 6.69. The summed E-state index contributed by atoms with van der Waals surface area (Å²) in [5.74, 6) is -3.80. The van der Waals surface area contributed by atoms with Crippen LogP contribution in [0.2, 0.25) is 0 Å². The molecule has 0 aliphatic heterocycles. The summed E-state index contributed by atoms with van der Waals surface area (Å²) >= 11 is 1.96. The molecule has 0 saturated carbocycles. The van der Waals surface area contributed by atoms with Gasteiger partial charge in [-0.3, -0.25) is 19.1 Å². The predicted molar refractivity (Wildman–Crippen MR) is 62.3 cm³/mol. The third-order valence-electron chi connectivity index (χ3n) is 1.81. The van der Waals surface area contributed by atoms with Gasteiger partial charge in [0.1, 0.15) is 0 Å². The number of hydrogen-bond acceptors (Lipinski definition) is 6. The van der Waals surface area contributed by atoms with Gasteiger partial charge >= 0.3 is 11.9 Å². The fraction of sp³-hybridized carbons (Fsp3) is 0.625. The zero-order chi connectivity index (χ0) is 12.7. The lowest BCUT2D eigenvalue weighted by atomic mass is 9.98. The number of carboxylic acids is 2. The maximum atomic E-state index is 11.5. The third kappa shape index (κ3) is 4.86. The molecular weight excluding hydrogens is 254 g/mol. The van der Waals surface area contributed by atoms with Crippen molar-refractivity contribution in [2.75, 3.05) is 12.5 Å². The maximum absolute atomic E-state index is 11.5. The summed E-state index contributed by atoms with van der Waals surface area (Å²) < 4.78 is 2.62. The van der Waals surface area contributed by atoms with E-state index in [0.29, 0.717) is 0 Å². The minimum Gasteiger partial charge on any atom is -0.481 e. The highest BCUT2D eigenvalue weighted by Gasteiger charge is 2.34. The maximum Gasteiger partial charge on any atom is 0.309 e. The molecule has 8 heteroatoms. The summed E-state index contributed by atoms with van der Waals surface area (Å²) in [6.45, 7) is 0. The molecule has 3 N–H and O–H groups in total. The molecule has 0 spiro atoms. The van der Waals surface area contributed by atoms with Gasteiger partial charge in [0.2, 0.25) is 5.12 Å². The van der Waals surface area contributed by atoms with Crippen molar-refractivity contribution in [3.8, 4) is 0 Å². The first-order valence-electron chi connectivity index (χ1n) is 4.25. The summed E-state index contributed by atoms with van der Waals surface area (Å²) in [7, 11) is 0. The highest BCUT2D eigenvalue weighted by Crippen LogP contribution is 2.17. The lowest BCUT2D eigenvalue weighted by molar-refractivity contribution is -0.149. The van der Waals surface area contributed by atoms with Gasteiger partial charge in [0.15, 0.2) is 0 Å². The lowest BCUT2D eigenvalue weighted by Gasteiger charge is -2.20. The first-order chi connectivity index (χ1) is 7.43. The quantitative estimate of drug-likeness (QED) is 0.565. The van der Waals surface area contributed by atoms with E-state index in [1.807, 2.05) is 0 Å². The first kappa shape index (κ1) is 15.3. The number of carboxylic acid groups (broad SMARTS) is 2. The number of carbonyl (C=O) groups excluding carboxylic acids is 1. The van der Waals surface area contributed by atoms with Gasteiger partial charge in [0.05, 0.1) is 18.4 Å². The van der Waals surface area contributed by atoms with Crippen molar-refractivity contribution in [1.82, 2.24) is 4.72 Å². The van der Waals surface area contributed by atoms with Crippen LogP contribution < -0.4 is 4.72 Å². The van der Waals surface area contributed by atoms with E-state index in [2.05, 4.69) is 4.72 Å². The van der Waals surface area contributed by atoms with Crippen LogP contribution in [-0.4, -0.2) is 45.8 Å². The topological polar surface area (TPSA) is 104 Å². The van der Waals surface area contributed by atoms with Crippen molar-refractivity contribution in [3.63, 3.8) is 0 Å². The average Bonchev–Trinajstić information content (AvgIpc) is 2.21. The Labute approximate surface area is 101 Å². The number of carbonyl (C=O) groups is 3. The Balaban J connectivity index is 4.85. The Morgan fingerprint density at radius 3 is 2.12 bits per heavy atom. The molecule has 0 aliphatic rings. The molecule has 0 rings (SSSR count). The molecule has 0 fully saturated rings. The van der Waals surface area contributed by atoms with E-state index in [4.69, 9.17) is 10.2 Å². The zero-order valence-corrected chi connectivity index (χ0v) is 10.4. The van der Waals surface area contributed by atoms with Crippen LogP contribution in [-0.2, 0) is 14.4 Å². The van der Waals surface area contributed by atoms with Gasteiger partial charge < -0.3 is 10.2 Å². The van der Waals surface area contributed by atoms with E-state index < -0.39 is 30.3 Å². The molecule has 0 radical (unpaired) electrons. The number of thioether (sulfide) groups is 1. The number of nitrogens with one attached hydrogen (secondary N) is 1. The Bertz CT molecular complexity index is 284. The highest BCUT2D eigenvalue weighted by molar-refractivity contribution is 8.13. The molecule has 0 aromatic rings. The predicted octanol–water partition coefficient (Wildman–Crippen LogP) is 0.288. The summed E-state index contributed by atoms with van der Waals surface area (Å²) in [6, 6.07) is -1.00. The molecule has 16 heavy (non-hydrogen) atoms. The van der Waals surface area contributed by atoms with Gasteiger partial charge in [0, 0.05) is 0 Å². The highest BCUT2D eigenvalue weighted by atomic mass is 32.2. The summed E-state index contributed by atoms with van der Waals surface area (Å²) in [5.41, 5.74) is 0. The van der Waals surface area contributed by atoms with Gasteiger partial charge in [-0.05, 0) is 12.5 Å². The fourth-order valence-corrected chi connectivity index (χ4v) is 2.16. The Morgan fingerprint density at radius 2 is 1.81 bits per heavy atom. The van der Waals surface area contributed by atoms with Crippen LogP contribution >= 0.6 is 23.7 Å². The van der Waals surface area contributed by atoms with Crippen molar-refractivity contribution in [2.45, 2.75) is 12.5 Å². The number of rotatable bonds is 7. The molecule has 92 valence electrons. The summed E-state index contributed by atoms with van der Waals surface area (Å²) in [5, 5.41) is 17.1. The third-order valence-corrected chi connectivity index (χ3v) is 2.96. The summed E-state index contributed by atoms with van der Waals surface area (Å²) in [4.78, 5) is 32.9. The number of hydrogen-bond donors (Lipinski definition) is 3. The molecule has 0 amide bonds. The zero-order valence-electron chi connectivity index (χ0n) is 8.80. The van der Waals surface area contributed by atoms with E-state index >= 15 is 0 Å². The Morgan fingerprint density at radius 1 is 1.25 bits per heavy atom. The van der Waals surface area contributed by atoms with Crippen LogP contribution in [0.25, 0.3) is 0 Å². The second-order valence-corrected chi connectivity index (χ2v) is 4.32. The molecule has 6 nitrogen and oxygen atoms in total. The average molecular weight is 267 g/mol. The largest absolute Gasteiger partial charge is 0.481 e. The smallest absolute Gasteiger partial charge is 0.309 e. The SMILES string of the molecule is CSNC(C(=O)SC)C(CC(=O)O)C(=O)O. The van der Waals surface area contributed by atoms with Crippen LogP contribution in [0.5, 0.6) is 0 Å². The molecule has 0 aromatic heterocycles. The molecule has 0 aliphatic carbocycles. The second-order valence-electron chi connectivity index (χ2n) is 2.87. The minimum absolute atomic E-state index is 0.386. The normalized spacial score (nSPS) is 14.1. The monoisotopic (exact) mass is 267 g/mol. The van der Waals surface area contributed by atoms with Crippen molar-refractivity contribution in [1.29, 1.82) is 0 Å². The number of aliphatic carboxylic acids is 2. The van der Waals surface area contributed by atoms with Crippen molar-refractivity contribution in [2.24, 2.45) is 5.92 Å². The molecule has 2 unspecified atom stereocenters. The van der Waals surface area contributed by atoms with Crippen LogP contribution in [0.4, 0.5) is 0 Å². The van der Waals surface area contributed by atoms with Gasteiger partial charge in [0.25, 0.3) is 0 Å². The van der Waals surface area contributed by atoms with Crippen molar-refractivity contribution < 1.29 is 24.6 Å². The van der Waals surface area contributed by atoms with Gasteiger partial charge in [-0.1, -0.05) is 23.7 Å². The van der Waals surface area contributed by atoms with Gasteiger partial charge in [-0.15, -0.1) is 0 Å².